The summed E-state index contributed by atoms with van der Waals surface area (Å²) in [5, 5.41) is 15.2. The number of amides is 5. The number of nitro groups is 1. The van der Waals surface area contributed by atoms with Gasteiger partial charge in [0.15, 0.2) is 0 Å². The predicted octanol–water partition coefficient (Wildman–Crippen LogP) is 0.673. The summed E-state index contributed by atoms with van der Waals surface area (Å²) in [6, 6.07) is 2.53. The first kappa shape index (κ1) is 18.0. The standard InChI is InChI=1S/C15H16N4O6/c1-8(2)6-16-15(23)17-12(20)7-18-13(21)10-4-3-9(19(24)25)5-11(10)14(18)22/h3-5,8H,6-7H2,1-2H3,(H2,16,17,20,23). The average Bonchev–Trinajstić information content (AvgIpc) is 2.77. The number of hydrogen-bond donors (Lipinski definition) is 2. The maximum absolute atomic E-state index is 12.2. The summed E-state index contributed by atoms with van der Waals surface area (Å²) in [6.07, 6.45) is 0. The van der Waals surface area contributed by atoms with E-state index >= 15 is 0 Å². The normalized spacial score (nSPS) is 13.0. The zero-order valence-electron chi connectivity index (χ0n) is 13.6. The van der Waals surface area contributed by atoms with Crippen molar-refractivity contribution in [3.63, 3.8) is 0 Å². The fourth-order valence-corrected chi connectivity index (χ4v) is 2.19. The lowest BCUT2D eigenvalue weighted by atomic mass is 10.1. The summed E-state index contributed by atoms with van der Waals surface area (Å²) < 4.78 is 0. The van der Waals surface area contributed by atoms with Gasteiger partial charge in [-0.25, -0.2) is 4.79 Å². The highest BCUT2D eigenvalue weighted by atomic mass is 16.6. The highest BCUT2D eigenvalue weighted by Gasteiger charge is 2.37. The Bertz CT molecular complexity index is 773. The molecule has 5 amide bonds. The van der Waals surface area contributed by atoms with Crippen molar-refractivity contribution in [2.75, 3.05) is 13.1 Å². The largest absolute Gasteiger partial charge is 0.338 e. The van der Waals surface area contributed by atoms with Crippen molar-refractivity contribution in [2.24, 2.45) is 5.92 Å². The van der Waals surface area contributed by atoms with Crippen molar-refractivity contribution in [2.45, 2.75) is 13.8 Å². The van der Waals surface area contributed by atoms with Crippen LogP contribution in [0.15, 0.2) is 18.2 Å². The van der Waals surface area contributed by atoms with E-state index < -0.39 is 35.2 Å². The van der Waals surface area contributed by atoms with E-state index in [4.69, 9.17) is 0 Å². The number of hydrogen-bond acceptors (Lipinski definition) is 6. The molecule has 1 aromatic rings. The first-order chi connectivity index (χ1) is 11.7. The van der Waals surface area contributed by atoms with Crippen molar-refractivity contribution in [3.05, 3.63) is 39.4 Å². The number of non-ortho nitro benzene ring substituents is 1. The second kappa shape index (κ2) is 7.07. The van der Waals surface area contributed by atoms with E-state index in [1.807, 2.05) is 19.2 Å². The minimum absolute atomic E-state index is 0.0207. The lowest BCUT2D eigenvalue weighted by molar-refractivity contribution is -0.384. The van der Waals surface area contributed by atoms with E-state index in [0.29, 0.717) is 11.4 Å². The summed E-state index contributed by atoms with van der Waals surface area (Å²) >= 11 is 0. The number of benzene rings is 1. The van der Waals surface area contributed by atoms with Crippen molar-refractivity contribution in [1.29, 1.82) is 0 Å². The highest BCUT2D eigenvalue weighted by Crippen LogP contribution is 2.26. The Kier molecular flexibility index (Phi) is 5.11. The molecule has 10 nitrogen and oxygen atoms in total. The van der Waals surface area contributed by atoms with Gasteiger partial charge in [-0.15, -0.1) is 0 Å². The SMILES string of the molecule is CC(C)CNC(=O)NC(=O)CN1C(=O)c2ccc([N+](=O)[O-])cc2C1=O. The van der Waals surface area contributed by atoms with Gasteiger partial charge in [-0.05, 0) is 12.0 Å². The summed E-state index contributed by atoms with van der Waals surface area (Å²) in [7, 11) is 0. The number of fused-ring (bicyclic) bond motifs is 1. The number of carbonyl (C=O) groups is 4. The molecule has 0 atom stereocenters. The molecule has 0 unspecified atom stereocenters. The van der Waals surface area contributed by atoms with Crippen LogP contribution in [0.3, 0.4) is 0 Å². The Morgan fingerprint density at radius 1 is 1.20 bits per heavy atom. The van der Waals surface area contributed by atoms with Gasteiger partial charge in [-0.3, -0.25) is 34.7 Å². The first-order valence-corrected chi connectivity index (χ1v) is 7.43. The third kappa shape index (κ3) is 3.97. The van der Waals surface area contributed by atoms with Gasteiger partial charge in [0.1, 0.15) is 6.54 Å². The van der Waals surface area contributed by atoms with Crippen molar-refractivity contribution in [3.8, 4) is 0 Å². The van der Waals surface area contributed by atoms with Crippen LogP contribution >= 0.6 is 0 Å². The van der Waals surface area contributed by atoms with Crippen molar-refractivity contribution < 1.29 is 24.1 Å². The van der Waals surface area contributed by atoms with Gasteiger partial charge >= 0.3 is 6.03 Å². The molecular weight excluding hydrogens is 332 g/mol. The molecule has 132 valence electrons. The molecule has 0 fully saturated rings. The van der Waals surface area contributed by atoms with Crippen molar-refractivity contribution >= 4 is 29.4 Å². The molecule has 0 saturated carbocycles. The van der Waals surface area contributed by atoms with Gasteiger partial charge in [-0.1, -0.05) is 13.8 Å². The molecular formula is C15H16N4O6. The fourth-order valence-electron chi connectivity index (χ4n) is 2.19. The van der Waals surface area contributed by atoms with Crippen LogP contribution in [0.1, 0.15) is 34.6 Å². The second-order valence-corrected chi connectivity index (χ2v) is 5.84. The molecule has 0 saturated heterocycles. The minimum Gasteiger partial charge on any atom is -0.338 e. The summed E-state index contributed by atoms with van der Waals surface area (Å²) in [5.41, 5.74) is -0.497. The molecule has 2 N–H and O–H groups in total. The second-order valence-electron chi connectivity index (χ2n) is 5.84. The van der Waals surface area contributed by atoms with Gasteiger partial charge in [0.2, 0.25) is 5.91 Å². The Balaban J connectivity index is 2.05. The Morgan fingerprint density at radius 3 is 2.44 bits per heavy atom. The molecule has 1 aromatic carbocycles. The van der Waals surface area contributed by atoms with Gasteiger partial charge in [0, 0.05) is 18.7 Å². The quantitative estimate of drug-likeness (QED) is 0.455. The number of urea groups is 1. The van der Waals surface area contributed by atoms with Crippen LogP contribution in [0.2, 0.25) is 0 Å². The molecule has 1 aliphatic heterocycles. The Labute approximate surface area is 142 Å². The summed E-state index contributed by atoms with van der Waals surface area (Å²) in [4.78, 5) is 58.5. The first-order valence-electron chi connectivity index (χ1n) is 7.43. The maximum Gasteiger partial charge on any atom is 0.321 e. The smallest absolute Gasteiger partial charge is 0.321 e. The third-order valence-electron chi connectivity index (χ3n) is 3.39. The molecule has 0 spiro atoms. The summed E-state index contributed by atoms with van der Waals surface area (Å²) in [6.45, 7) is 3.45. The molecule has 0 aromatic heterocycles. The number of nitrogens with one attached hydrogen (secondary N) is 2. The lowest BCUT2D eigenvalue weighted by Crippen LogP contribution is -2.46. The molecule has 1 aliphatic rings. The third-order valence-corrected chi connectivity index (χ3v) is 3.39. The van der Waals surface area contributed by atoms with E-state index in [0.717, 1.165) is 12.1 Å². The molecule has 10 heteroatoms. The zero-order chi connectivity index (χ0) is 18.7. The lowest BCUT2D eigenvalue weighted by Gasteiger charge is -2.13. The number of rotatable bonds is 5. The maximum atomic E-state index is 12.2. The number of nitrogens with zero attached hydrogens (tertiary/aromatic N) is 2. The van der Waals surface area contributed by atoms with Crippen LogP contribution in [-0.4, -0.2) is 46.7 Å². The number of imide groups is 2. The van der Waals surface area contributed by atoms with E-state index in [1.54, 1.807) is 0 Å². The minimum atomic E-state index is -0.842. The topological polar surface area (TPSA) is 139 Å². The molecule has 25 heavy (non-hydrogen) atoms. The number of nitro benzene ring substituents is 1. The van der Waals surface area contributed by atoms with E-state index in [1.165, 1.54) is 6.07 Å². The molecule has 0 radical (unpaired) electrons. The van der Waals surface area contributed by atoms with Gasteiger partial charge in [0.05, 0.1) is 16.1 Å². The Hall–Kier alpha value is -3.30. The van der Waals surface area contributed by atoms with E-state index in [9.17, 15) is 29.3 Å². The van der Waals surface area contributed by atoms with E-state index in [2.05, 4.69) is 5.32 Å². The summed E-state index contributed by atoms with van der Waals surface area (Å²) in [5.74, 6) is -2.22. The van der Waals surface area contributed by atoms with Crippen molar-refractivity contribution in [1.82, 2.24) is 15.5 Å². The van der Waals surface area contributed by atoms with Gasteiger partial charge < -0.3 is 5.32 Å². The molecule has 0 aliphatic carbocycles. The van der Waals surface area contributed by atoms with E-state index in [-0.39, 0.29) is 22.7 Å². The number of carbonyl (C=O) groups excluding carboxylic acids is 4. The Morgan fingerprint density at radius 2 is 1.84 bits per heavy atom. The monoisotopic (exact) mass is 348 g/mol. The predicted molar refractivity (Wildman–Crippen MR) is 84.8 cm³/mol. The molecule has 2 rings (SSSR count). The van der Waals surface area contributed by atoms with Gasteiger partial charge in [0.25, 0.3) is 17.5 Å². The zero-order valence-corrected chi connectivity index (χ0v) is 13.6. The van der Waals surface area contributed by atoms with Crippen LogP contribution in [0.25, 0.3) is 0 Å². The van der Waals surface area contributed by atoms with Crippen LogP contribution in [0.4, 0.5) is 10.5 Å². The molecule has 0 bridgehead atoms. The highest BCUT2D eigenvalue weighted by molar-refractivity contribution is 6.22. The van der Waals surface area contributed by atoms with Crippen LogP contribution in [0, 0.1) is 16.0 Å². The van der Waals surface area contributed by atoms with Gasteiger partial charge in [-0.2, -0.15) is 0 Å². The fraction of sp³-hybridized carbons (Fsp3) is 0.333. The van der Waals surface area contributed by atoms with Crippen LogP contribution in [0.5, 0.6) is 0 Å². The molecule has 1 heterocycles. The van der Waals surface area contributed by atoms with Crippen LogP contribution in [-0.2, 0) is 4.79 Å². The average molecular weight is 348 g/mol. The van der Waals surface area contributed by atoms with Crippen LogP contribution < -0.4 is 10.6 Å².